The summed E-state index contributed by atoms with van der Waals surface area (Å²) in [6.45, 7) is 10.8. The van der Waals surface area contributed by atoms with Gasteiger partial charge in [-0.2, -0.15) is 0 Å². The zero-order valence-electron chi connectivity index (χ0n) is 20.4. The van der Waals surface area contributed by atoms with Crippen LogP contribution in [0.2, 0.25) is 25.7 Å². The van der Waals surface area contributed by atoms with Crippen molar-refractivity contribution >= 4 is 25.9 Å². The Kier molecular flexibility index (Phi) is 10.8. The molecule has 34 heavy (non-hydrogen) atoms. The number of nitrogens with one attached hydrogen (secondary N) is 1. The zero-order chi connectivity index (χ0) is 25.1. The lowest BCUT2D eigenvalue weighted by Gasteiger charge is -2.27. The number of hydrogen-bond donors (Lipinski definition) is 2. The minimum absolute atomic E-state index is 0.00744. The van der Waals surface area contributed by atoms with Crippen molar-refractivity contribution in [3.63, 3.8) is 0 Å². The molecule has 0 fully saturated rings. The topological polar surface area (TPSA) is 116 Å². The minimum atomic E-state index is -1.40. The molecule has 2 N–H and O–H groups in total. The van der Waals surface area contributed by atoms with Crippen LogP contribution in [0.15, 0.2) is 30.9 Å². The summed E-state index contributed by atoms with van der Waals surface area (Å²) in [4.78, 5) is 26.7. The Morgan fingerprint density at radius 1 is 1.21 bits per heavy atom. The highest BCUT2D eigenvalue weighted by atomic mass is 28.3. The van der Waals surface area contributed by atoms with Crippen molar-refractivity contribution in [2.45, 2.75) is 37.8 Å². The van der Waals surface area contributed by atoms with E-state index >= 15 is 0 Å². The highest BCUT2D eigenvalue weighted by molar-refractivity contribution is 6.76. The van der Waals surface area contributed by atoms with E-state index in [1.54, 1.807) is 25.3 Å². The lowest BCUT2D eigenvalue weighted by molar-refractivity contribution is -0.00850. The summed E-state index contributed by atoms with van der Waals surface area (Å²) in [5.41, 5.74) is 1.10. The fourth-order valence-corrected chi connectivity index (χ4v) is 4.06. The molecule has 11 heteroatoms. The molecule has 0 aliphatic carbocycles. The second-order valence-electron chi connectivity index (χ2n) is 8.94. The number of nitrogens with zero attached hydrogens (tertiary/aromatic N) is 1. The van der Waals surface area contributed by atoms with Gasteiger partial charge in [-0.25, -0.2) is 9.59 Å². The summed E-state index contributed by atoms with van der Waals surface area (Å²) in [6, 6.07) is 4.38. The number of aliphatic hydroxyl groups is 1. The van der Waals surface area contributed by atoms with Gasteiger partial charge in [0.1, 0.15) is 12.4 Å². The van der Waals surface area contributed by atoms with Gasteiger partial charge >= 0.3 is 12.2 Å². The molecule has 1 aromatic rings. The summed E-state index contributed by atoms with van der Waals surface area (Å²) >= 11 is 0. The third-order valence-corrected chi connectivity index (χ3v) is 6.82. The highest BCUT2D eigenvalue weighted by Gasteiger charge is 2.43. The van der Waals surface area contributed by atoms with Crippen LogP contribution in [-0.4, -0.2) is 78.3 Å². The summed E-state index contributed by atoms with van der Waals surface area (Å²) < 4.78 is 26.5. The van der Waals surface area contributed by atoms with E-state index in [9.17, 15) is 14.7 Å². The van der Waals surface area contributed by atoms with Crippen LogP contribution in [-0.2, 0) is 18.9 Å². The molecule has 1 aromatic carbocycles. The third kappa shape index (κ3) is 8.01. The quantitative estimate of drug-likeness (QED) is 0.185. The molecular formula is C23H36N2O8Si. The van der Waals surface area contributed by atoms with Crippen LogP contribution in [0.3, 0.4) is 0 Å². The third-order valence-electron chi connectivity index (χ3n) is 5.12. The Morgan fingerprint density at radius 2 is 1.97 bits per heavy atom. The first-order chi connectivity index (χ1) is 16.2. The van der Waals surface area contributed by atoms with E-state index in [0.717, 1.165) is 6.04 Å². The molecule has 1 aliphatic heterocycles. The predicted molar refractivity (Wildman–Crippen MR) is 130 cm³/mol. The molecule has 1 heterocycles. The van der Waals surface area contributed by atoms with Gasteiger partial charge < -0.3 is 34.1 Å². The maximum Gasteiger partial charge on any atom is 0.414 e. The fourth-order valence-electron chi connectivity index (χ4n) is 3.35. The predicted octanol–water partition coefficient (Wildman–Crippen LogP) is 3.29. The van der Waals surface area contributed by atoms with Crippen molar-refractivity contribution in [3.8, 4) is 5.75 Å². The molecule has 2 rings (SSSR count). The van der Waals surface area contributed by atoms with E-state index in [-0.39, 0.29) is 20.0 Å². The average molecular weight is 497 g/mol. The molecule has 10 nitrogen and oxygen atoms in total. The van der Waals surface area contributed by atoms with Crippen molar-refractivity contribution in [2.24, 2.45) is 0 Å². The monoisotopic (exact) mass is 496 g/mol. The number of methoxy groups -OCH3 is 1. The minimum Gasteiger partial charge on any atom is -0.468 e. The first-order valence-electron chi connectivity index (χ1n) is 11.2. The SMILES string of the molecule is C=CCOC(=O)N[C@H]1c2cc(OCOCCOC)ccc2N(C(=O)OCC[Si](C)(C)C)[C@@H]1CO. The van der Waals surface area contributed by atoms with Gasteiger partial charge in [-0.15, -0.1) is 0 Å². The molecule has 0 radical (unpaired) electrons. The maximum atomic E-state index is 13.0. The molecule has 0 unspecified atom stereocenters. The van der Waals surface area contributed by atoms with Crippen LogP contribution in [0, 0.1) is 0 Å². The van der Waals surface area contributed by atoms with Crippen molar-refractivity contribution in [2.75, 3.05) is 51.8 Å². The Bertz CT molecular complexity index is 830. The highest BCUT2D eigenvalue weighted by Crippen LogP contribution is 2.42. The fraction of sp³-hybridized carbons (Fsp3) is 0.565. The van der Waals surface area contributed by atoms with E-state index in [1.165, 1.54) is 11.0 Å². The van der Waals surface area contributed by atoms with E-state index in [2.05, 4.69) is 31.5 Å². The molecule has 0 spiro atoms. The molecule has 0 saturated carbocycles. The van der Waals surface area contributed by atoms with Gasteiger partial charge in [0.25, 0.3) is 0 Å². The Hall–Kier alpha value is -2.60. The summed E-state index contributed by atoms with van der Waals surface area (Å²) in [7, 11) is 0.180. The van der Waals surface area contributed by atoms with Gasteiger partial charge in [0.15, 0.2) is 6.79 Å². The van der Waals surface area contributed by atoms with Crippen molar-refractivity contribution in [1.82, 2.24) is 5.32 Å². The maximum absolute atomic E-state index is 13.0. The summed E-state index contributed by atoms with van der Waals surface area (Å²) in [5.74, 6) is 0.480. The first kappa shape index (κ1) is 27.6. The van der Waals surface area contributed by atoms with Crippen LogP contribution in [0.1, 0.15) is 11.6 Å². The number of benzene rings is 1. The number of alkyl carbamates (subject to hydrolysis) is 1. The second-order valence-corrected chi connectivity index (χ2v) is 14.6. The zero-order valence-corrected chi connectivity index (χ0v) is 21.4. The van der Waals surface area contributed by atoms with Gasteiger partial charge in [-0.05, 0) is 24.2 Å². The van der Waals surface area contributed by atoms with Crippen molar-refractivity contribution in [3.05, 3.63) is 36.4 Å². The molecule has 2 atom stereocenters. The van der Waals surface area contributed by atoms with Crippen LogP contribution in [0.25, 0.3) is 0 Å². The number of amides is 2. The normalized spacial score (nSPS) is 17.1. The number of aliphatic hydroxyl groups excluding tert-OH is 1. The van der Waals surface area contributed by atoms with Crippen molar-refractivity contribution in [1.29, 1.82) is 0 Å². The number of fused-ring (bicyclic) bond motifs is 1. The Morgan fingerprint density at radius 3 is 2.62 bits per heavy atom. The molecule has 190 valence electrons. The van der Waals surface area contributed by atoms with E-state index in [4.69, 9.17) is 23.7 Å². The largest absolute Gasteiger partial charge is 0.468 e. The average Bonchev–Trinajstić information content (AvgIpc) is 3.09. The molecule has 0 aromatic heterocycles. The molecule has 0 saturated heterocycles. The van der Waals surface area contributed by atoms with E-state index in [1.807, 2.05) is 0 Å². The van der Waals surface area contributed by atoms with Gasteiger partial charge in [0.05, 0.1) is 44.2 Å². The smallest absolute Gasteiger partial charge is 0.414 e. The van der Waals surface area contributed by atoms with Crippen LogP contribution in [0.5, 0.6) is 5.75 Å². The van der Waals surface area contributed by atoms with Gasteiger partial charge in [0.2, 0.25) is 0 Å². The van der Waals surface area contributed by atoms with Gasteiger partial charge in [-0.3, -0.25) is 4.90 Å². The van der Waals surface area contributed by atoms with Gasteiger partial charge in [-0.1, -0.05) is 32.3 Å². The lowest BCUT2D eigenvalue weighted by atomic mass is 10.0. The number of rotatable bonds is 13. The summed E-state index contributed by atoms with van der Waals surface area (Å²) in [6.07, 6.45) is 0.167. The van der Waals surface area contributed by atoms with Crippen molar-refractivity contribution < 1.29 is 38.4 Å². The van der Waals surface area contributed by atoms with Crippen LogP contribution >= 0.6 is 0 Å². The first-order valence-corrected chi connectivity index (χ1v) is 14.9. The molecule has 1 aliphatic rings. The molecular weight excluding hydrogens is 460 g/mol. The van der Waals surface area contributed by atoms with E-state index < -0.39 is 39.0 Å². The Balaban J connectivity index is 2.24. The van der Waals surface area contributed by atoms with Gasteiger partial charge in [0, 0.05) is 20.7 Å². The number of anilines is 1. The number of carbonyl (C=O) groups excluding carboxylic acids is 2. The number of hydrogen-bond acceptors (Lipinski definition) is 8. The molecule has 2 amide bonds. The standard InChI is InChI=1S/C23H36N2O8Si/c1-6-9-31-22(27)24-21-18-14-17(33-16-30-11-10-29-2)7-8-19(18)25(20(21)15-26)23(28)32-12-13-34(3,4)5/h6-8,14,20-21,26H,1,9-13,15-16H2,2-5H3,(H,24,27)/t20-,21+/m1/s1. The Labute approximate surface area is 201 Å². The van der Waals surface area contributed by atoms with E-state index in [0.29, 0.717) is 30.2 Å². The van der Waals surface area contributed by atoms with Crippen LogP contribution < -0.4 is 15.0 Å². The van der Waals surface area contributed by atoms with Crippen LogP contribution in [0.4, 0.5) is 15.3 Å². The lowest BCUT2D eigenvalue weighted by Crippen LogP contribution is -2.46. The summed E-state index contributed by atoms with van der Waals surface area (Å²) in [5, 5.41) is 12.9. The molecule has 0 bridgehead atoms. The second kappa shape index (κ2) is 13.3. The number of ether oxygens (including phenoxy) is 5. The number of carbonyl (C=O) groups is 2.